The third kappa shape index (κ3) is 4.00. The highest BCUT2D eigenvalue weighted by Crippen LogP contribution is 2.24. The zero-order chi connectivity index (χ0) is 20.9. The maximum Gasteiger partial charge on any atom is 0.293 e. The molecule has 0 aliphatic carbocycles. The minimum atomic E-state index is -0.560. The van der Waals surface area contributed by atoms with Gasteiger partial charge in [0, 0.05) is 25.2 Å². The van der Waals surface area contributed by atoms with E-state index in [0.717, 1.165) is 5.56 Å². The molecule has 4 aromatic heterocycles. The number of carbonyl (C=O) groups excluding carboxylic acids is 1. The number of rotatable bonds is 7. The number of nitrogen functional groups attached to an aromatic ring is 1. The summed E-state index contributed by atoms with van der Waals surface area (Å²) in [6.07, 6.45) is 6.29. The topological polar surface area (TPSA) is 181 Å². The number of aryl methyl sites for hydroxylation is 1. The van der Waals surface area contributed by atoms with Gasteiger partial charge in [0.15, 0.2) is 10.9 Å². The highest BCUT2D eigenvalue weighted by Gasteiger charge is 2.24. The van der Waals surface area contributed by atoms with Gasteiger partial charge in [-0.05, 0) is 28.0 Å². The van der Waals surface area contributed by atoms with Gasteiger partial charge in [-0.3, -0.25) is 9.78 Å². The Morgan fingerprint density at radius 3 is 2.87 bits per heavy atom. The van der Waals surface area contributed by atoms with E-state index in [9.17, 15) is 4.79 Å². The standard InChI is InChI=1S/C15H14N12O2S/c1-26-8-19-22-15(26)30-7-10-11(20-25-27(10)13-12(16)23-29-24-13)14(28)21-18-6-9-2-4-17-5-3-9/h2-6,8H,7H2,1H3,(H2,16,23)(H,21,28)/b18-6-. The van der Waals surface area contributed by atoms with Gasteiger partial charge in [0.25, 0.3) is 5.91 Å². The molecule has 15 heteroatoms. The molecule has 0 saturated heterocycles. The van der Waals surface area contributed by atoms with E-state index in [1.165, 1.54) is 22.7 Å². The normalized spacial score (nSPS) is 11.2. The van der Waals surface area contributed by atoms with Crippen LogP contribution in [0.4, 0.5) is 5.82 Å². The van der Waals surface area contributed by atoms with Gasteiger partial charge in [-0.1, -0.05) is 17.0 Å². The molecule has 3 N–H and O–H groups in total. The molecule has 0 spiro atoms. The lowest BCUT2D eigenvalue weighted by Gasteiger charge is -2.05. The lowest BCUT2D eigenvalue weighted by Crippen LogP contribution is -2.20. The first-order valence-electron chi connectivity index (χ1n) is 8.36. The molecule has 152 valence electrons. The summed E-state index contributed by atoms with van der Waals surface area (Å²) in [5.41, 5.74) is 9.41. The number of hydrazone groups is 1. The maximum absolute atomic E-state index is 12.7. The van der Waals surface area contributed by atoms with Crippen LogP contribution < -0.4 is 11.2 Å². The summed E-state index contributed by atoms with van der Waals surface area (Å²) < 4.78 is 7.66. The third-order valence-corrected chi connectivity index (χ3v) is 4.81. The number of nitrogens with one attached hydrogen (secondary N) is 1. The molecular formula is C15H14N12O2S. The lowest BCUT2D eigenvalue weighted by molar-refractivity contribution is 0.0949. The second kappa shape index (κ2) is 8.48. The SMILES string of the molecule is Cn1cnnc1SCc1c(C(=O)N/N=C\c2ccncc2)nnn1-c1nonc1N. The van der Waals surface area contributed by atoms with E-state index in [-0.39, 0.29) is 23.1 Å². The Balaban J connectivity index is 1.59. The highest BCUT2D eigenvalue weighted by molar-refractivity contribution is 7.98. The van der Waals surface area contributed by atoms with Crippen LogP contribution in [-0.2, 0) is 12.8 Å². The second-order valence-corrected chi connectivity index (χ2v) is 6.70. The summed E-state index contributed by atoms with van der Waals surface area (Å²) in [4.78, 5) is 16.6. The van der Waals surface area contributed by atoms with Gasteiger partial charge in [0.2, 0.25) is 11.6 Å². The Morgan fingerprint density at radius 1 is 1.33 bits per heavy atom. The predicted molar refractivity (Wildman–Crippen MR) is 103 cm³/mol. The summed E-state index contributed by atoms with van der Waals surface area (Å²) in [6.45, 7) is 0. The molecule has 4 aromatic rings. The van der Waals surface area contributed by atoms with Crippen LogP contribution in [0, 0.1) is 0 Å². The van der Waals surface area contributed by atoms with E-state index >= 15 is 0 Å². The molecule has 1 amide bonds. The quantitative estimate of drug-likeness (QED) is 0.227. The van der Waals surface area contributed by atoms with E-state index in [2.05, 4.69) is 51.0 Å². The number of nitrogens with zero attached hydrogens (tertiary/aromatic N) is 10. The van der Waals surface area contributed by atoms with Crippen molar-refractivity contribution in [2.45, 2.75) is 10.9 Å². The maximum atomic E-state index is 12.7. The molecule has 0 aliphatic heterocycles. The van der Waals surface area contributed by atoms with Crippen molar-refractivity contribution in [3.8, 4) is 5.82 Å². The number of hydrogen-bond acceptors (Lipinski definition) is 12. The number of carbonyl (C=O) groups is 1. The fraction of sp³-hybridized carbons (Fsp3) is 0.133. The monoisotopic (exact) mass is 426 g/mol. The molecular weight excluding hydrogens is 412 g/mol. The molecule has 4 heterocycles. The van der Waals surface area contributed by atoms with E-state index in [0.29, 0.717) is 10.9 Å². The molecule has 0 radical (unpaired) electrons. The van der Waals surface area contributed by atoms with Crippen molar-refractivity contribution in [3.05, 3.63) is 47.8 Å². The average Bonchev–Trinajstić information content (AvgIpc) is 3.46. The van der Waals surface area contributed by atoms with Gasteiger partial charge in [0.1, 0.15) is 6.33 Å². The number of aromatic nitrogens is 9. The zero-order valence-electron chi connectivity index (χ0n) is 15.4. The number of pyridine rings is 1. The number of thioether (sulfide) groups is 1. The van der Waals surface area contributed by atoms with E-state index in [1.807, 2.05) is 0 Å². The summed E-state index contributed by atoms with van der Waals surface area (Å²) >= 11 is 1.32. The predicted octanol–water partition coefficient (Wildman–Crippen LogP) is -0.188. The van der Waals surface area contributed by atoms with Gasteiger partial charge >= 0.3 is 0 Å². The van der Waals surface area contributed by atoms with Crippen LogP contribution in [0.1, 0.15) is 21.7 Å². The van der Waals surface area contributed by atoms with Crippen LogP contribution >= 0.6 is 11.8 Å². The van der Waals surface area contributed by atoms with Crippen molar-refractivity contribution in [3.63, 3.8) is 0 Å². The van der Waals surface area contributed by atoms with E-state index in [1.54, 1.807) is 42.5 Å². The van der Waals surface area contributed by atoms with Crippen LogP contribution in [0.25, 0.3) is 5.82 Å². The molecule has 0 unspecified atom stereocenters. The Hall–Kier alpha value is -4.14. The second-order valence-electron chi connectivity index (χ2n) is 5.76. The molecule has 4 rings (SSSR count). The minimum absolute atomic E-state index is 0.00692. The highest BCUT2D eigenvalue weighted by atomic mass is 32.2. The largest absolute Gasteiger partial charge is 0.378 e. The smallest absolute Gasteiger partial charge is 0.293 e. The van der Waals surface area contributed by atoms with Gasteiger partial charge in [-0.25, -0.2) is 10.1 Å². The first kappa shape index (κ1) is 19.2. The fourth-order valence-corrected chi connectivity index (χ4v) is 3.20. The van der Waals surface area contributed by atoms with Gasteiger partial charge in [-0.15, -0.1) is 15.3 Å². The molecule has 0 fully saturated rings. The van der Waals surface area contributed by atoms with Crippen LogP contribution in [0.15, 0.2) is 45.7 Å². The summed E-state index contributed by atoms with van der Waals surface area (Å²) in [5.74, 6) is -0.166. The summed E-state index contributed by atoms with van der Waals surface area (Å²) in [7, 11) is 1.80. The fourth-order valence-electron chi connectivity index (χ4n) is 2.32. The molecule has 0 atom stereocenters. The van der Waals surface area contributed by atoms with Crippen LogP contribution in [-0.4, -0.2) is 57.2 Å². The van der Waals surface area contributed by atoms with Crippen LogP contribution in [0.5, 0.6) is 0 Å². The Labute approximate surface area is 172 Å². The van der Waals surface area contributed by atoms with E-state index in [4.69, 9.17) is 5.73 Å². The molecule has 0 aromatic carbocycles. The lowest BCUT2D eigenvalue weighted by atomic mass is 10.3. The zero-order valence-corrected chi connectivity index (χ0v) is 16.3. The molecule has 14 nitrogen and oxygen atoms in total. The molecule has 30 heavy (non-hydrogen) atoms. The van der Waals surface area contributed by atoms with Crippen molar-refractivity contribution < 1.29 is 9.42 Å². The van der Waals surface area contributed by atoms with Crippen LogP contribution in [0.2, 0.25) is 0 Å². The minimum Gasteiger partial charge on any atom is -0.378 e. The Kier molecular flexibility index (Phi) is 5.42. The van der Waals surface area contributed by atoms with Crippen molar-refractivity contribution >= 4 is 29.7 Å². The number of hydrogen-bond donors (Lipinski definition) is 2. The van der Waals surface area contributed by atoms with Crippen molar-refractivity contribution in [1.82, 2.24) is 50.5 Å². The summed E-state index contributed by atoms with van der Waals surface area (Å²) in [6, 6.07) is 3.49. The van der Waals surface area contributed by atoms with Gasteiger partial charge in [0.05, 0.1) is 11.9 Å². The van der Waals surface area contributed by atoms with Crippen molar-refractivity contribution in [2.75, 3.05) is 5.73 Å². The summed E-state index contributed by atoms with van der Waals surface area (Å²) in [5, 5.41) is 27.6. The number of nitrogens with two attached hydrogens (primary N) is 1. The van der Waals surface area contributed by atoms with Crippen molar-refractivity contribution in [1.29, 1.82) is 0 Å². The van der Waals surface area contributed by atoms with Crippen molar-refractivity contribution in [2.24, 2.45) is 12.1 Å². The Bertz CT molecular complexity index is 1180. The van der Waals surface area contributed by atoms with E-state index < -0.39 is 5.91 Å². The number of amides is 1. The molecule has 0 bridgehead atoms. The van der Waals surface area contributed by atoms with Crippen LogP contribution in [0.3, 0.4) is 0 Å². The first-order chi connectivity index (χ1) is 14.6. The van der Waals surface area contributed by atoms with Gasteiger partial charge < -0.3 is 10.3 Å². The molecule has 0 saturated carbocycles. The first-order valence-corrected chi connectivity index (χ1v) is 9.35. The van der Waals surface area contributed by atoms with Gasteiger partial charge in [-0.2, -0.15) is 9.78 Å². The molecule has 0 aliphatic rings. The number of anilines is 1. The Morgan fingerprint density at radius 2 is 2.17 bits per heavy atom. The average molecular weight is 426 g/mol. The third-order valence-electron chi connectivity index (χ3n) is 3.77.